The zero-order valence-corrected chi connectivity index (χ0v) is 8.05. The van der Waals surface area contributed by atoms with Gasteiger partial charge in [0.2, 0.25) is 0 Å². The quantitative estimate of drug-likeness (QED) is 0.626. The van der Waals surface area contributed by atoms with E-state index >= 15 is 0 Å². The first-order chi connectivity index (χ1) is 7.43. The lowest BCUT2D eigenvalue weighted by Crippen LogP contribution is -2.27. The average molecular weight is 195 g/mol. The van der Waals surface area contributed by atoms with Crippen LogP contribution in [0.25, 0.3) is 12.3 Å². The molecule has 1 aliphatic rings. The Morgan fingerprint density at radius 3 is 2.93 bits per heavy atom. The molecule has 1 aromatic carbocycles. The van der Waals surface area contributed by atoms with Crippen LogP contribution < -0.4 is 15.3 Å². The van der Waals surface area contributed by atoms with Crippen LogP contribution in [-0.2, 0) is 0 Å². The normalized spacial score (nSPS) is 12.3. The van der Waals surface area contributed by atoms with Gasteiger partial charge in [-0.05, 0) is 24.3 Å². The predicted octanol–water partition coefficient (Wildman–Crippen LogP) is 1.04. The Morgan fingerprint density at radius 1 is 1.00 bits per heavy atom. The van der Waals surface area contributed by atoms with E-state index in [4.69, 9.17) is 4.74 Å². The van der Waals surface area contributed by atoms with E-state index in [0.29, 0.717) is 0 Å². The summed E-state index contributed by atoms with van der Waals surface area (Å²) in [5, 5.41) is 1.95. The Balaban J connectivity index is 2.36. The summed E-state index contributed by atoms with van der Waals surface area (Å²) in [7, 11) is 0. The van der Waals surface area contributed by atoms with Gasteiger partial charge < -0.3 is 4.74 Å². The molecule has 2 heterocycles. The van der Waals surface area contributed by atoms with Crippen LogP contribution in [0.5, 0.6) is 5.75 Å². The number of benzene rings is 1. The minimum Gasteiger partial charge on any atom is -0.464 e. The van der Waals surface area contributed by atoms with Gasteiger partial charge >= 0.3 is 0 Å². The molecule has 0 bridgehead atoms. The second-order valence-corrected chi connectivity index (χ2v) is 3.40. The van der Waals surface area contributed by atoms with Crippen molar-refractivity contribution in [3.63, 3.8) is 0 Å². The molecule has 72 valence electrons. The van der Waals surface area contributed by atoms with Gasteiger partial charge in [-0.1, -0.05) is 18.2 Å². The third-order valence-corrected chi connectivity index (χ3v) is 2.40. The van der Waals surface area contributed by atoms with Crippen LogP contribution in [0.4, 0.5) is 0 Å². The summed E-state index contributed by atoms with van der Waals surface area (Å²) in [6, 6.07) is 11.8. The molecule has 2 aromatic rings. The third kappa shape index (κ3) is 1.40. The molecule has 1 aromatic heterocycles. The zero-order chi connectivity index (χ0) is 10.1. The molecule has 0 amide bonds. The largest absolute Gasteiger partial charge is 0.464 e. The second-order valence-electron chi connectivity index (χ2n) is 3.40. The molecule has 0 N–H and O–H groups in total. The van der Waals surface area contributed by atoms with Gasteiger partial charge in [0.15, 0.2) is 0 Å². The van der Waals surface area contributed by atoms with E-state index in [1.165, 1.54) is 0 Å². The van der Waals surface area contributed by atoms with E-state index in [1.807, 2.05) is 42.5 Å². The fourth-order valence-corrected chi connectivity index (χ4v) is 1.63. The highest BCUT2D eigenvalue weighted by Gasteiger charge is 2.02. The average Bonchev–Trinajstić information content (AvgIpc) is 2.48. The molecule has 3 rings (SSSR count). The molecular weight excluding hydrogens is 186 g/mol. The van der Waals surface area contributed by atoms with Crippen molar-refractivity contribution in [2.45, 2.75) is 0 Å². The van der Waals surface area contributed by atoms with E-state index in [1.54, 1.807) is 12.5 Å². The standard InChI is InChI=1S/C13H9NO/c1-2-6-13-10(4-1)8-12-11(9-15-13)5-3-7-14-12/h1-9H. The highest BCUT2D eigenvalue weighted by atomic mass is 16.5. The topological polar surface area (TPSA) is 22.1 Å². The maximum Gasteiger partial charge on any atom is 0.133 e. The first-order valence-corrected chi connectivity index (χ1v) is 4.82. The first-order valence-electron chi connectivity index (χ1n) is 4.82. The van der Waals surface area contributed by atoms with Gasteiger partial charge in [-0.3, -0.25) is 4.98 Å². The van der Waals surface area contributed by atoms with Gasteiger partial charge in [0.05, 0.1) is 5.35 Å². The number of ether oxygens (including phenoxy) is 1. The number of para-hydroxylation sites is 1. The number of hydrogen-bond donors (Lipinski definition) is 0. The van der Waals surface area contributed by atoms with Crippen LogP contribution >= 0.6 is 0 Å². The molecule has 0 saturated carbocycles. The maximum atomic E-state index is 5.58. The third-order valence-electron chi connectivity index (χ3n) is 2.40. The molecule has 2 heteroatoms. The molecule has 0 aliphatic carbocycles. The van der Waals surface area contributed by atoms with E-state index in [-0.39, 0.29) is 0 Å². The lowest BCUT2D eigenvalue weighted by molar-refractivity contribution is 0.539. The van der Waals surface area contributed by atoms with Crippen molar-refractivity contribution < 1.29 is 4.74 Å². The Bertz CT molecular complexity index is 616. The van der Waals surface area contributed by atoms with Crippen LogP contribution in [0.1, 0.15) is 5.56 Å². The summed E-state index contributed by atoms with van der Waals surface area (Å²) in [5.41, 5.74) is 1.06. The zero-order valence-electron chi connectivity index (χ0n) is 8.05. The fraction of sp³-hybridized carbons (Fsp3) is 0. The Labute approximate surface area is 87.2 Å². The maximum absolute atomic E-state index is 5.58. The molecule has 2 nitrogen and oxygen atoms in total. The highest BCUT2D eigenvalue weighted by Crippen LogP contribution is 2.19. The van der Waals surface area contributed by atoms with E-state index in [9.17, 15) is 0 Å². The summed E-state index contributed by atoms with van der Waals surface area (Å²) in [6.07, 6.45) is 5.57. The molecule has 15 heavy (non-hydrogen) atoms. The van der Waals surface area contributed by atoms with Crippen LogP contribution in [0.3, 0.4) is 0 Å². The summed E-state index contributed by atoms with van der Waals surface area (Å²) in [5.74, 6) is 0.871. The summed E-state index contributed by atoms with van der Waals surface area (Å²) in [6.45, 7) is 0. The van der Waals surface area contributed by atoms with Gasteiger partial charge in [-0.25, -0.2) is 0 Å². The summed E-state index contributed by atoms with van der Waals surface area (Å²) in [4.78, 5) is 4.31. The van der Waals surface area contributed by atoms with E-state index in [2.05, 4.69) is 4.98 Å². The number of aromatic nitrogens is 1. The molecule has 0 spiro atoms. The van der Waals surface area contributed by atoms with Crippen molar-refractivity contribution in [3.8, 4) is 5.75 Å². The molecule has 1 aliphatic heterocycles. The molecular formula is C13H9NO. The molecule has 0 unspecified atom stereocenters. The first kappa shape index (κ1) is 8.24. The van der Waals surface area contributed by atoms with Gasteiger partial charge in [-0.15, -0.1) is 0 Å². The van der Waals surface area contributed by atoms with Crippen molar-refractivity contribution in [2.75, 3.05) is 0 Å². The Morgan fingerprint density at radius 2 is 1.93 bits per heavy atom. The fourth-order valence-electron chi connectivity index (χ4n) is 1.63. The number of nitrogens with zero attached hydrogens (tertiary/aromatic N) is 1. The number of hydrogen-bond acceptors (Lipinski definition) is 2. The number of pyridine rings is 1. The van der Waals surface area contributed by atoms with Gasteiger partial charge in [0.1, 0.15) is 12.0 Å². The SMILES string of the molecule is C1=c2cccnc2=Cc2ccccc2O1. The van der Waals surface area contributed by atoms with E-state index < -0.39 is 0 Å². The number of fused-ring (bicyclic) bond motifs is 2. The van der Waals surface area contributed by atoms with Crippen molar-refractivity contribution in [3.05, 3.63) is 58.7 Å². The monoisotopic (exact) mass is 195 g/mol. The summed E-state index contributed by atoms with van der Waals surface area (Å²) < 4.78 is 5.58. The van der Waals surface area contributed by atoms with Crippen LogP contribution in [0.2, 0.25) is 0 Å². The van der Waals surface area contributed by atoms with Gasteiger partial charge in [-0.2, -0.15) is 0 Å². The minimum absolute atomic E-state index is 0.871. The lowest BCUT2D eigenvalue weighted by atomic mass is 10.2. The van der Waals surface area contributed by atoms with Crippen molar-refractivity contribution in [2.24, 2.45) is 0 Å². The molecule has 0 radical (unpaired) electrons. The summed E-state index contributed by atoms with van der Waals surface area (Å²) >= 11 is 0. The second kappa shape index (κ2) is 3.24. The van der Waals surface area contributed by atoms with Crippen molar-refractivity contribution in [1.82, 2.24) is 4.98 Å². The molecule has 0 atom stereocenters. The van der Waals surface area contributed by atoms with Gasteiger partial charge in [0.25, 0.3) is 0 Å². The smallest absolute Gasteiger partial charge is 0.133 e. The van der Waals surface area contributed by atoms with E-state index in [0.717, 1.165) is 21.9 Å². The van der Waals surface area contributed by atoms with Gasteiger partial charge in [0, 0.05) is 17.0 Å². The van der Waals surface area contributed by atoms with Crippen LogP contribution in [0, 0.1) is 0 Å². The minimum atomic E-state index is 0.871. The van der Waals surface area contributed by atoms with Crippen LogP contribution in [-0.4, -0.2) is 4.98 Å². The van der Waals surface area contributed by atoms with Crippen molar-refractivity contribution >= 4 is 12.3 Å². The highest BCUT2D eigenvalue weighted by molar-refractivity contribution is 5.58. The van der Waals surface area contributed by atoms with Crippen LogP contribution in [0.15, 0.2) is 42.6 Å². The molecule has 0 saturated heterocycles. The lowest BCUT2D eigenvalue weighted by Gasteiger charge is -2.01. The Hall–Kier alpha value is -2.09. The Kier molecular flexibility index (Phi) is 1.78. The predicted molar refractivity (Wildman–Crippen MR) is 58.6 cm³/mol. The molecule has 0 fully saturated rings. The number of rotatable bonds is 0. The van der Waals surface area contributed by atoms with Crippen molar-refractivity contribution in [1.29, 1.82) is 0 Å².